The zero-order valence-corrected chi connectivity index (χ0v) is 11.4. The van der Waals surface area contributed by atoms with E-state index in [-0.39, 0.29) is 5.91 Å². The van der Waals surface area contributed by atoms with Crippen LogP contribution in [0.15, 0.2) is 42.5 Å². The minimum absolute atomic E-state index is 0.270. The van der Waals surface area contributed by atoms with Crippen molar-refractivity contribution in [3.63, 3.8) is 0 Å². The Morgan fingerprint density at radius 3 is 2.55 bits per heavy atom. The predicted octanol–water partition coefficient (Wildman–Crippen LogP) is 3.07. The molecule has 0 saturated heterocycles. The Balaban J connectivity index is 2.33. The molecule has 0 bridgehead atoms. The highest BCUT2D eigenvalue weighted by Crippen LogP contribution is 2.43. The van der Waals surface area contributed by atoms with Gasteiger partial charge in [-0.25, -0.2) is 0 Å². The Morgan fingerprint density at radius 1 is 1.10 bits per heavy atom. The van der Waals surface area contributed by atoms with Crippen LogP contribution in [0.4, 0.5) is 5.69 Å². The zero-order chi connectivity index (χ0) is 14.3. The van der Waals surface area contributed by atoms with E-state index in [2.05, 4.69) is 11.4 Å². The van der Waals surface area contributed by atoms with Gasteiger partial charge in [-0.1, -0.05) is 42.0 Å². The first-order valence-corrected chi connectivity index (χ1v) is 6.49. The Kier molecular flexibility index (Phi) is 2.62. The van der Waals surface area contributed by atoms with Crippen LogP contribution in [0.1, 0.15) is 22.3 Å². The summed E-state index contributed by atoms with van der Waals surface area (Å²) >= 11 is 0. The Morgan fingerprint density at radius 2 is 1.85 bits per heavy atom. The van der Waals surface area contributed by atoms with Gasteiger partial charge < -0.3 is 5.32 Å². The summed E-state index contributed by atoms with van der Waals surface area (Å²) in [7, 11) is 0. The van der Waals surface area contributed by atoms with Gasteiger partial charge in [0.15, 0.2) is 5.41 Å². The maximum Gasteiger partial charge on any atom is 0.254 e. The molecule has 20 heavy (non-hydrogen) atoms. The SMILES string of the molecule is Cc1ccc([C@@]2(C#N)C(=O)Nc3ccccc32)c(C)c1. The van der Waals surface area contributed by atoms with Gasteiger partial charge >= 0.3 is 0 Å². The van der Waals surface area contributed by atoms with E-state index in [4.69, 9.17) is 0 Å². The average Bonchev–Trinajstić information content (AvgIpc) is 2.71. The second-order valence-electron chi connectivity index (χ2n) is 5.18. The summed E-state index contributed by atoms with van der Waals surface area (Å²) in [6.07, 6.45) is 0. The molecule has 3 nitrogen and oxygen atoms in total. The number of nitriles is 1. The van der Waals surface area contributed by atoms with Crippen LogP contribution in [0.5, 0.6) is 0 Å². The lowest BCUT2D eigenvalue weighted by Crippen LogP contribution is -2.34. The summed E-state index contributed by atoms with van der Waals surface area (Å²) in [5, 5.41) is 12.6. The van der Waals surface area contributed by atoms with E-state index >= 15 is 0 Å². The molecule has 0 unspecified atom stereocenters. The number of amides is 1. The van der Waals surface area contributed by atoms with Crippen LogP contribution in [0.3, 0.4) is 0 Å². The summed E-state index contributed by atoms with van der Waals surface area (Å²) in [5.74, 6) is -0.270. The number of fused-ring (bicyclic) bond motifs is 1. The largest absolute Gasteiger partial charge is 0.324 e. The van der Waals surface area contributed by atoms with E-state index in [0.717, 1.165) is 27.9 Å². The number of benzene rings is 2. The van der Waals surface area contributed by atoms with Crippen LogP contribution in [-0.2, 0) is 10.2 Å². The highest BCUT2D eigenvalue weighted by Gasteiger charge is 2.49. The first-order valence-electron chi connectivity index (χ1n) is 6.49. The third-order valence-electron chi connectivity index (χ3n) is 3.87. The number of para-hydroxylation sites is 1. The molecule has 0 spiro atoms. The van der Waals surface area contributed by atoms with Crippen molar-refractivity contribution in [3.05, 3.63) is 64.7 Å². The van der Waals surface area contributed by atoms with Crippen LogP contribution < -0.4 is 5.32 Å². The lowest BCUT2D eigenvalue weighted by Gasteiger charge is -2.22. The van der Waals surface area contributed by atoms with E-state index in [1.165, 1.54) is 0 Å². The second kappa shape index (κ2) is 4.21. The molecule has 1 aliphatic heterocycles. The third-order valence-corrected chi connectivity index (χ3v) is 3.87. The van der Waals surface area contributed by atoms with Gasteiger partial charge in [0.2, 0.25) is 0 Å². The van der Waals surface area contributed by atoms with Crippen molar-refractivity contribution in [3.8, 4) is 6.07 Å². The number of aryl methyl sites for hydroxylation is 2. The lowest BCUT2D eigenvalue weighted by molar-refractivity contribution is -0.118. The van der Waals surface area contributed by atoms with Gasteiger partial charge in [0, 0.05) is 11.3 Å². The molecule has 3 rings (SSSR count). The number of rotatable bonds is 1. The molecule has 3 heteroatoms. The maximum absolute atomic E-state index is 12.5. The van der Waals surface area contributed by atoms with Crippen molar-refractivity contribution in [1.82, 2.24) is 0 Å². The maximum atomic E-state index is 12.5. The monoisotopic (exact) mass is 262 g/mol. The second-order valence-corrected chi connectivity index (χ2v) is 5.18. The van der Waals surface area contributed by atoms with Crippen molar-refractivity contribution in [2.75, 3.05) is 5.32 Å². The molecule has 1 heterocycles. The quantitative estimate of drug-likeness (QED) is 0.858. The molecule has 98 valence electrons. The standard InChI is InChI=1S/C17H14N2O/c1-11-7-8-13(12(2)9-11)17(10-18)14-5-3-4-6-15(14)19-16(17)20/h3-9H,1-2H3,(H,19,20)/t17-/m1/s1. The van der Waals surface area contributed by atoms with Gasteiger partial charge in [0.05, 0.1) is 6.07 Å². The first kappa shape index (κ1) is 12.4. The summed E-state index contributed by atoms with van der Waals surface area (Å²) in [6, 6.07) is 15.5. The fourth-order valence-corrected chi connectivity index (χ4v) is 2.93. The minimum atomic E-state index is -1.24. The van der Waals surface area contributed by atoms with Crippen molar-refractivity contribution in [2.45, 2.75) is 19.3 Å². The molecule has 0 radical (unpaired) electrons. The fourth-order valence-electron chi connectivity index (χ4n) is 2.93. The van der Waals surface area contributed by atoms with Crippen molar-refractivity contribution in [1.29, 1.82) is 5.26 Å². The Labute approximate surface area is 117 Å². The number of nitrogens with zero attached hydrogens (tertiary/aromatic N) is 1. The Hall–Kier alpha value is -2.60. The molecule has 0 fully saturated rings. The van der Waals surface area contributed by atoms with Crippen LogP contribution in [-0.4, -0.2) is 5.91 Å². The summed E-state index contributed by atoms with van der Waals surface area (Å²) < 4.78 is 0. The van der Waals surface area contributed by atoms with Crippen molar-refractivity contribution >= 4 is 11.6 Å². The molecule has 2 aromatic carbocycles. The molecule has 1 N–H and O–H groups in total. The smallest absolute Gasteiger partial charge is 0.254 e. The van der Waals surface area contributed by atoms with E-state index in [9.17, 15) is 10.1 Å². The number of carbonyl (C=O) groups excluding carboxylic acids is 1. The van der Waals surface area contributed by atoms with Gasteiger partial charge in [-0.05, 0) is 31.0 Å². The normalized spacial score (nSPS) is 20.1. The number of hydrogen-bond acceptors (Lipinski definition) is 2. The molecule has 2 aromatic rings. The van der Waals surface area contributed by atoms with Crippen molar-refractivity contribution < 1.29 is 4.79 Å². The van der Waals surface area contributed by atoms with E-state index in [1.54, 1.807) is 0 Å². The van der Waals surface area contributed by atoms with Gasteiger partial charge in [0.25, 0.3) is 5.91 Å². The number of carbonyl (C=O) groups is 1. The minimum Gasteiger partial charge on any atom is -0.324 e. The average molecular weight is 262 g/mol. The zero-order valence-electron chi connectivity index (χ0n) is 11.4. The third kappa shape index (κ3) is 1.48. The highest BCUT2D eigenvalue weighted by molar-refractivity contribution is 6.11. The van der Waals surface area contributed by atoms with Gasteiger partial charge in [-0.2, -0.15) is 5.26 Å². The summed E-state index contributed by atoms with van der Waals surface area (Å²) in [5.41, 5.74) is 3.05. The number of anilines is 1. The van der Waals surface area contributed by atoms with Gasteiger partial charge in [-0.15, -0.1) is 0 Å². The molecular weight excluding hydrogens is 248 g/mol. The molecule has 0 saturated carbocycles. The van der Waals surface area contributed by atoms with Crippen LogP contribution >= 0.6 is 0 Å². The first-order chi connectivity index (χ1) is 9.59. The molecule has 1 atom stereocenters. The van der Waals surface area contributed by atoms with E-state index in [0.29, 0.717) is 0 Å². The van der Waals surface area contributed by atoms with Crippen molar-refractivity contribution in [2.24, 2.45) is 0 Å². The lowest BCUT2D eigenvalue weighted by atomic mass is 9.74. The fraction of sp³-hybridized carbons (Fsp3) is 0.176. The van der Waals surface area contributed by atoms with Crippen LogP contribution in [0, 0.1) is 25.2 Å². The molecule has 1 amide bonds. The predicted molar refractivity (Wildman–Crippen MR) is 77.4 cm³/mol. The van der Waals surface area contributed by atoms with Gasteiger partial charge in [-0.3, -0.25) is 4.79 Å². The number of nitrogens with one attached hydrogen (secondary N) is 1. The molecule has 0 aromatic heterocycles. The topological polar surface area (TPSA) is 52.9 Å². The van der Waals surface area contributed by atoms with E-state index < -0.39 is 5.41 Å². The highest BCUT2D eigenvalue weighted by atomic mass is 16.2. The summed E-state index contributed by atoms with van der Waals surface area (Å²) in [6.45, 7) is 3.94. The Bertz CT molecular complexity index is 758. The molecular formula is C17H14N2O. The van der Waals surface area contributed by atoms with Crippen LogP contribution in [0.25, 0.3) is 0 Å². The van der Waals surface area contributed by atoms with E-state index in [1.807, 2.05) is 56.3 Å². The van der Waals surface area contributed by atoms with Gasteiger partial charge in [0.1, 0.15) is 0 Å². The summed E-state index contributed by atoms with van der Waals surface area (Å²) in [4.78, 5) is 12.5. The molecule has 1 aliphatic rings. The number of hydrogen-bond donors (Lipinski definition) is 1. The van der Waals surface area contributed by atoms with Crippen LogP contribution in [0.2, 0.25) is 0 Å². The molecule has 0 aliphatic carbocycles.